The van der Waals surface area contributed by atoms with Crippen LogP contribution in [-0.2, 0) is 4.79 Å². The van der Waals surface area contributed by atoms with Crippen LogP contribution in [-0.4, -0.2) is 45.1 Å². The van der Waals surface area contributed by atoms with Crippen molar-refractivity contribution in [2.24, 2.45) is 0 Å². The van der Waals surface area contributed by atoms with Crippen molar-refractivity contribution in [2.45, 2.75) is 65.9 Å². The molecule has 0 radical (unpaired) electrons. The molecule has 2 unspecified atom stereocenters. The Bertz CT molecular complexity index is 668. The van der Waals surface area contributed by atoms with E-state index in [-0.39, 0.29) is 32.8 Å². The van der Waals surface area contributed by atoms with Crippen molar-refractivity contribution in [3.05, 3.63) is 30.1 Å². The number of aromatic nitrogens is 2. The van der Waals surface area contributed by atoms with Crippen LogP contribution in [0.3, 0.4) is 0 Å². The van der Waals surface area contributed by atoms with Gasteiger partial charge in [-0.05, 0) is 49.3 Å². The fourth-order valence-corrected chi connectivity index (χ4v) is 3.38. The van der Waals surface area contributed by atoms with E-state index in [0.29, 0.717) is 19.4 Å². The molecule has 0 aliphatic carbocycles. The van der Waals surface area contributed by atoms with Gasteiger partial charge in [-0.1, -0.05) is 21.8 Å². The highest BCUT2D eigenvalue weighted by Crippen LogP contribution is 2.27. The highest BCUT2D eigenvalue weighted by Gasteiger charge is 2.21. The van der Waals surface area contributed by atoms with Crippen LogP contribution in [0.25, 0.3) is 11.0 Å². The second kappa shape index (κ2) is 9.56. The molecule has 2 aromatic rings. The molecule has 2 N–H and O–H groups in total. The van der Waals surface area contributed by atoms with E-state index < -0.39 is 0 Å². The molecule has 5 nitrogen and oxygen atoms in total. The summed E-state index contributed by atoms with van der Waals surface area (Å²) >= 11 is 0. The van der Waals surface area contributed by atoms with Gasteiger partial charge in [0.2, 0.25) is 5.91 Å². The molecule has 3 rings (SSSR count). The van der Waals surface area contributed by atoms with Gasteiger partial charge in [-0.25, -0.2) is 4.98 Å². The zero-order valence-corrected chi connectivity index (χ0v) is 13.7. The van der Waals surface area contributed by atoms with Gasteiger partial charge < -0.3 is 15.0 Å². The lowest BCUT2D eigenvalue weighted by molar-refractivity contribution is -0.132. The van der Waals surface area contributed by atoms with Crippen molar-refractivity contribution >= 4 is 16.9 Å². The Labute approximate surface area is 151 Å². The fraction of sp³-hybridized carbons (Fsp3) is 0.600. The number of hydrogen-bond donors (Lipinski definition) is 2. The number of pyridine rings is 1. The average molecular weight is 348 g/mol. The molecule has 0 bridgehead atoms. The summed E-state index contributed by atoms with van der Waals surface area (Å²) < 4.78 is 0. The van der Waals surface area contributed by atoms with Gasteiger partial charge in [0.15, 0.2) is 0 Å². The highest BCUT2D eigenvalue weighted by molar-refractivity contribution is 5.82. The van der Waals surface area contributed by atoms with Crippen LogP contribution < -0.4 is 0 Å². The summed E-state index contributed by atoms with van der Waals surface area (Å²) in [5.74, 6) is 0.334. The van der Waals surface area contributed by atoms with Crippen LogP contribution in [0, 0.1) is 0 Å². The largest absolute Gasteiger partial charge is 0.393 e. The molecule has 1 aliphatic heterocycles. The molecule has 2 atom stereocenters. The number of carbonyl (C=O) groups excluding carboxylic acids is 1. The van der Waals surface area contributed by atoms with Crippen LogP contribution in [0.4, 0.5) is 0 Å². The number of aromatic amines is 1. The van der Waals surface area contributed by atoms with E-state index >= 15 is 0 Å². The second-order valence-corrected chi connectivity index (χ2v) is 6.57. The molecule has 0 aromatic carbocycles. The molecule has 140 valence electrons. The number of H-pyrrole nitrogens is 1. The zero-order chi connectivity index (χ0) is 16.2. The fourth-order valence-electron chi connectivity index (χ4n) is 3.38. The lowest BCUT2D eigenvalue weighted by atomic mass is 9.96. The Morgan fingerprint density at radius 2 is 2.16 bits per heavy atom. The topological polar surface area (TPSA) is 69.2 Å². The smallest absolute Gasteiger partial charge is 0.223 e. The predicted molar refractivity (Wildman–Crippen MR) is 104 cm³/mol. The third-order valence-corrected chi connectivity index (χ3v) is 4.80. The minimum atomic E-state index is -0.261. The van der Waals surface area contributed by atoms with E-state index in [4.69, 9.17) is 0 Å². The van der Waals surface area contributed by atoms with Gasteiger partial charge in [-0.15, -0.1) is 0 Å². The van der Waals surface area contributed by atoms with E-state index in [9.17, 15) is 9.90 Å². The van der Waals surface area contributed by atoms with Crippen LogP contribution in [0.15, 0.2) is 24.5 Å². The molecule has 1 aliphatic rings. The van der Waals surface area contributed by atoms with Gasteiger partial charge in [0.25, 0.3) is 0 Å². The molecule has 0 saturated carbocycles. The standard InChI is InChI=1S/C18H25N3O2.2CH4/c1-13(16-12-20-18-15(16)6-4-8-19-18)11-17(23)21-9-3-2-5-14(22)7-10-21;;/h4,6,8,12-14,22H,2-3,5,7,9-11H2,1H3,(H,19,20);2*1H4. The maximum atomic E-state index is 12.6. The Balaban J connectivity index is 0.00000156. The molecule has 5 heteroatoms. The summed E-state index contributed by atoms with van der Waals surface area (Å²) in [4.78, 5) is 22.0. The van der Waals surface area contributed by atoms with Gasteiger partial charge in [0.1, 0.15) is 5.65 Å². The molecule has 1 amide bonds. The van der Waals surface area contributed by atoms with E-state index in [2.05, 4.69) is 16.9 Å². The van der Waals surface area contributed by atoms with Crippen LogP contribution >= 0.6 is 0 Å². The first-order valence-electron chi connectivity index (χ1n) is 8.53. The van der Waals surface area contributed by atoms with Crippen molar-refractivity contribution in [1.29, 1.82) is 0 Å². The van der Waals surface area contributed by atoms with Crippen LogP contribution in [0.1, 0.15) is 65.4 Å². The SMILES string of the molecule is C.C.CC(CC(=O)N1CCCCC(O)CC1)c1c[nH]c2ncccc12. The molecule has 1 saturated heterocycles. The Kier molecular flexibility index (Phi) is 8.10. The minimum Gasteiger partial charge on any atom is -0.393 e. The van der Waals surface area contributed by atoms with E-state index in [1.54, 1.807) is 6.20 Å². The number of amides is 1. The number of aliphatic hydroxyl groups is 1. The maximum absolute atomic E-state index is 12.6. The first-order chi connectivity index (χ1) is 11.1. The first-order valence-corrected chi connectivity index (χ1v) is 8.53. The Morgan fingerprint density at radius 3 is 2.96 bits per heavy atom. The molecule has 0 spiro atoms. The molecule has 2 aromatic heterocycles. The number of fused-ring (bicyclic) bond motifs is 1. The molecular weight excluding hydrogens is 314 g/mol. The van der Waals surface area contributed by atoms with Crippen molar-refractivity contribution in [3.63, 3.8) is 0 Å². The Hall–Kier alpha value is -1.88. The summed E-state index contributed by atoms with van der Waals surface area (Å²) in [6.07, 6.45) is 7.50. The molecule has 1 fully saturated rings. The number of rotatable bonds is 3. The number of aliphatic hydroxyl groups excluding tert-OH is 1. The molecular formula is C20H33N3O2. The second-order valence-electron chi connectivity index (χ2n) is 6.57. The van der Waals surface area contributed by atoms with E-state index in [1.807, 2.05) is 23.2 Å². The van der Waals surface area contributed by atoms with Gasteiger partial charge in [-0.3, -0.25) is 4.79 Å². The van der Waals surface area contributed by atoms with Gasteiger partial charge in [0, 0.05) is 37.3 Å². The van der Waals surface area contributed by atoms with Crippen molar-refractivity contribution in [2.75, 3.05) is 13.1 Å². The van der Waals surface area contributed by atoms with Crippen molar-refractivity contribution in [1.82, 2.24) is 14.9 Å². The summed E-state index contributed by atoms with van der Waals surface area (Å²) in [6, 6.07) is 3.97. The predicted octanol–water partition coefficient (Wildman–Crippen LogP) is 4.09. The van der Waals surface area contributed by atoms with Crippen molar-refractivity contribution < 1.29 is 9.90 Å². The third-order valence-electron chi connectivity index (χ3n) is 4.80. The summed E-state index contributed by atoms with van der Waals surface area (Å²) in [5, 5.41) is 10.9. The number of likely N-dealkylation sites (tertiary alicyclic amines) is 1. The van der Waals surface area contributed by atoms with Gasteiger partial charge in [0.05, 0.1) is 6.10 Å². The summed E-state index contributed by atoms with van der Waals surface area (Å²) in [6.45, 7) is 3.57. The zero-order valence-electron chi connectivity index (χ0n) is 13.7. The summed E-state index contributed by atoms with van der Waals surface area (Å²) in [7, 11) is 0. The number of nitrogens with zero attached hydrogens (tertiary/aromatic N) is 2. The molecule has 3 heterocycles. The number of nitrogens with one attached hydrogen (secondary N) is 1. The quantitative estimate of drug-likeness (QED) is 0.878. The Morgan fingerprint density at radius 1 is 1.36 bits per heavy atom. The van der Waals surface area contributed by atoms with Crippen LogP contribution in [0.5, 0.6) is 0 Å². The van der Waals surface area contributed by atoms with Gasteiger partial charge in [-0.2, -0.15) is 0 Å². The van der Waals surface area contributed by atoms with Crippen LogP contribution in [0.2, 0.25) is 0 Å². The average Bonchev–Trinajstić information content (AvgIpc) is 2.95. The first kappa shape index (κ1) is 21.2. The minimum absolute atomic E-state index is 0. The normalized spacial score (nSPS) is 19.3. The summed E-state index contributed by atoms with van der Waals surface area (Å²) in [5.41, 5.74) is 2.02. The monoisotopic (exact) mass is 347 g/mol. The maximum Gasteiger partial charge on any atom is 0.223 e. The lowest BCUT2D eigenvalue weighted by Gasteiger charge is -2.27. The van der Waals surface area contributed by atoms with E-state index in [0.717, 1.165) is 42.4 Å². The van der Waals surface area contributed by atoms with Gasteiger partial charge >= 0.3 is 0 Å². The number of hydrogen-bond acceptors (Lipinski definition) is 3. The number of carbonyl (C=O) groups is 1. The van der Waals surface area contributed by atoms with E-state index in [1.165, 1.54) is 0 Å². The molecule has 25 heavy (non-hydrogen) atoms. The lowest BCUT2D eigenvalue weighted by Crippen LogP contribution is -2.36. The van der Waals surface area contributed by atoms with Crippen molar-refractivity contribution in [3.8, 4) is 0 Å². The highest BCUT2D eigenvalue weighted by atomic mass is 16.3. The third kappa shape index (κ3) is 5.05.